The molecule has 3 rings (SSSR count). The summed E-state index contributed by atoms with van der Waals surface area (Å²) in [6.07, 6.45) is 5.68. The van der Waals surface area contributed by atoms with Crippen molar-refractivity contribution in [3.63, 3.8) is 0 Å². The van der Waals surface area contributed by atoms with Crippen molar-refractivity contribution in [2.75, 3.05) is 7.05 Å². The van der Waals surface area contributed by atoms with Gasteiger partial charge in [0.25, 0.3) is 0 Å². The van der Waals surface area contributed by atoms with Gasteiger partial charge in [-0.3, -0.25) is 4.57 Å². The number of benzene rings is 1. The minimum absolute atomic E-state index is 0.816. The molecule has 1 aromatic carbocycles. The lowest BCUT2D eigenvalue weighted by Gasteiger charge is -2.11. The molecule has 3 aromatic rings. The first-order chi connectivity index (χ1) is 9.31. The van der Waals surface area contributed by atoms with Crippen LogP contribution in [0.5, 0.6) is 0 Å². The Bertz CT molecular complexity index is 715. The summed E-state index contributed by atoms with van der Waals surface area (Å²) in [4.78, 5) is 8.88. The minimum Gasteiger partial charge on any atom is -0.316 e. The van der Waals surface area contributed by atoms with Gasteiger partial charge in [-0.05, 0) is 24.9 Å². The molecule has 0 atom stereocenters. The maximum atomic E-state index is 4.61. The van der Waals surface area contributed by atoms with Gasteiger partial charge >= 0.3 is 0 Å². The number of fused-ring (bicyclic) bond motifs is 1. The molecule has 0 aliphatic heterocycles. The van der Waals surface area contributed by atoms with Crippen LogP contribution < -0.4 is 5.32 Å². The molecule has 1 N–H and O–H groups in total. The van der Waals surface area contributed by atoms with Crippen molar-refractivity contribution >= 4 is 10.8 Å². The highest BCUT2D eigenvalue weighted by Gasteiger charge is 2.09. The molecule has 0 bridgehead atoms. The SMILES string of the molecule is CNCc1cnc(-n2ccnc2C)c2ccccc12. The summed E-state index contributed by atoms with van der Waals surface area (Å²) < 4.78 is 2.02. The number of aromatic nitrogens is 3. The standard InChI is InChI=1S/C15H16N4/c1-11-17-7-8-19(11)15-14-6-4-3-5-13(14)12(9-16-2)10-18-15/h3-8,10,16H,9H2,1-2H3. The van der Waals surface area contributed by atoms with E-state index in [1.54, 1.807) is 6.20 Å². The maximum absolute atomic E-state index is 4.61. The second-order valence-corrected chi connectivity index (χ2v) is 4.53. The van der Waals surface area contributed by atoms with Crippen LogP contribution in [-0.4, -0.2) is 21.6 Å². The number of hydrogen-bond donors (Lipinski definition) is 1. The van der Waals surface area contributed by atoms with Crippen molar-refractivity contribution in [2.45, 2.75) is 13.5 Å². The molecule has 0 aliphatic carbocycles. The molecular weight excluding hydrogens is 236 g/mol. The van der Waals surface area contributed by atoms with Gasteiger partial charge in [0.15, 0.2) is 0 Å². The fourth-order valence-electron chi connectivity index (χ4n) is 2.36. The Morgan fingerprint density at radius 1 is 1.16 bits per heavy atom. The highest BCUT2D eigenvalue weighted by atomic mass is 15.1. The number of aryl methyl sites for hydroxylation is 1. The van der Waals surface area contributed by atoms with E-state index in [0.717, 1.165) is 23.6 Å². The summed E-state index contributed by atoms with van der Waals surface area (Å²) in [5.74, 6) is 1.88. The molecule has 0 unspecified atom stereocenters. The summed E-state index contributed by atoms with van der Waals surface area (Å²) in [5.41, 5.74) is 1.21. The summed E-state index contributed by atoms with van der Waals surface area (Å²) in [6.45, 7) is 2.80. The van der Waals surface area contributed by atoms with Gasteiger partial charge < -0.3 is 5.32 Å². The van der Waals surface area contributed by atoms with E-state index < -0.39 is 0 Å². The van der Waals surface area contributed by atoms with Gasteiger partial charge in [0.05, 0.1) is 0 Å². The fraction of sp³-hybridized carbons (Fsp3) is 0.200. The van der Waals surface area contributed by atoms with Gasteiger partial charge in [-0.25, -0.2) is 9.97 Å². The van der Waals surface area contributed by atoms with E-state index in [-0.39, 0.29) is 0 Å². The van der Waals surface area contributed by atoms with Gasteiger partial charge in [0.2, 0.25) is 0 Å². The summed E-state index contributed by atoms with van der Waals surface area (Å²) in [5, 5.41) is 5.56. The van der Waals surface area contributed by atoms with Crippen molar-refractivity contribution in [1.82, 2.24) is 19.9 Å². The van der Waals surface area contributed by atoms with E-state index in [4.69, 9.17) is 0 Å². The van der Waals surface area contributed by atoms with Crippen LogP contribution in [0.3, 0.4) is 0 Å². The highest BCUT2D eigenvalue weighted by molar-refractivity contribution is 5.91. The largest absolute Gasteiger partial charge is 0.316 e. The number of rotatable bonds is 3. The second kappa shape index (κ2) is 4.82. The molecule has 0 saturated carbocycles. The summed E-state index contributed by atoms with van der Waals surface area (Å²) in [7, 11) is 1.95. The van der Waals surface area contributed by atoms with Crippen LogP contribution in [0.1, 0.15) is 11.4 Å². The average Bonchev–Trinajstić information content (AvgIpc) is 2.86. The van der Waals surface area contributed by atoms with Crippen LogP contribution in [0.2, 0.25) is 0 Å². The lowest BCUT2D eigenvalue weighted by molar-refractivity contribution is 0.817. The average molecular weight is 252 g/mol. The molecule has 0 amide bonds. The number of nitrogens with one attached hydrogen (secondary N) is 1. The fourth-order valence-corrected chi connectivity index (χ4v) is 2.36. The molecule has 4 heteroatoms. The Kier molecular flexibility index (Phi) is 3.01. The van der Waals surface area contributed by atoms with Crippen LogP contribution >= 0.6 is 0 Å². The molecule has 19 heavy (non-hydrogen) atoms. The third kappa shape index (κ3) is 2.00. The molecule has 4 nitrogen and oxygen atoms in total. The van der Waals surface area contributed by atoms with E-state index in [2.05, 4.69) is 33.5 Å². The molecule has 96 valence electrons. The van der Waals surface area contributed by atoms with E-state index >= 15 is 0 Å². The second-order valence-electron chi connectivity index (χ2n) is 4.53. The zero-order chi connectivity index (χ0) is 13.2. The van der Waals surface area contributed by atoms with Crippen LogP contribution in [-0.2, 0) is 6.54 Å². The molecule has 2 aromatic heterocycles. The molecular formula is C15H16N4. The van der Waals surface area contributed by atoms with Gasteiger partial charge in [-0.2, -0.15) is 0 Å². The Labute approximate surface area is 112 Å². The highest BCUT2D eigenvalue weighted by Crippen LogP contribution is 2.24. The number of hydrogen-bond acceptors (Lipinski definition) is 3. The van der Waals surface area contributed by atoms with Gasteiger partial charge in [0, 0.05) is 30.5 Å². The Hall–Kier alpha value is -2.20. The minimum atomic E-state index is 0.816. The monoisotopic (exact) mass is 252 g/mol. The Balaban J connectivity index is 2.28. The third-order valence-electron chi connectivity index (χ3n) is 3.28. The molecule has 0 fully saturated rings. The van der Waals surface area contributed by atoms with E-state index in [0.29, 0.717) is 0 Å². The maximum Gasteiger partial charge on any atom is 0.145 e. The molecule has 0 aliphatic rings. The van der Waals surface area contributed by atoms with Crippen molar-refractivity contribution in [3.05, 3.63) is 54.2 Å². The smallest absolute Gasteiger partial charge is 0.145 e. The first kappa shape index (κ1) is 11.9. The lowest BCUT2D eigenvalue weighted by atomic mass is 10.1. The quantitative estimate of drug-likeness (QED) is 0.778. The Morgan fingerprint density at radius 3 is 2.63 bits per heavy atom. The first-order valence-electron chi connectivity index (χ1n) is 6.33. The predicted molar refractivity (Wildman–Crippen MR) is 76.4 cm³/mol. The zero-order valence-corrected chi connectivity index (χ0v) is 11.1. The van der Waals surface area contributed by atoms with Crippen LogP contribution in [0, 0.1) is 6.92 Å². The Morgan fingerprint density at radius 2 is 1.95 bits per heavy atom. The van der Waals surface area contributed by atoms with Crippen LogP contribution in [0.25, 0.3) is 16.6 Å². The molecule has 0 radical (unpaired) electrons. The van der Waals surface area contributed by atoms with E-state index in [1.165, 1.54) is 10.9 Å². The van der Waals surface area contributed by atoms with Crippen LogP contribution in [0.15, 0.2) is 42.9 Å². The number of imidazole rings is 1. The van der Waals surface area contributed by atoms with Gasteiger partial charge in [-0.15, -0.1) is 0 Å². The molecule has 0 spiro atoms. The van der Waals surface area contributed by atoms with Gasteiger partial charge in [0.1, 0.15) is 11.6 Å². The summed E-state index contributed by atoms with van der Waals surface area (Å²) in [6, 6.07) is 8.35. The first-order valence-corrected chi connectivity index (χ1v) is 6.33. The normalized spacial score (nSPS) is 11.1. The topological polar surface area (TPSA) is 42.7 Å². The van der Waals surface area contributed by atoms with Crippen molar-refractivity contribution < 1.29 is 0 Å². The van der Waals surface area contributed by atoms with Crippen LogP contribution in [0.4, 0.5) is 0 Å². The van der Waals surface area contributed by atoms with E-state index in [1.807, 2.05) is 37.0 Å². The van der Waals surface area contributed by atoms with Crippen molar-refractivity contribution in [2.24, 2.45) is 0 Å². The zero-order valence-electron chi connectivity index (χ0n) is 11.1. The van der Waals surface area contributed by atoms with Crippen molar-refractivity contribution in [1.29, 1.82) is 0 Å². The number of pyridine rings is 1. The van der Waals surface area contributed by atoms with Gasteiger partial charge in [-0.1, -0.05) is 24.3 Å². The molecule has 2 heterocycles. The summed E-state index contributed by atoms with van der Waals surface area (Å²) >= 11 is 0. The van der Waals surface area contributed by atoms with E-state index in [9.17, 15) is 0 Å². The number of nitrogens with zero attached hydrogens (tertiary/aromatic N) is 3. The molecule has 0 saturated heterocycles. The van der Waals surface area contributed by atoms with Crippen molar-refractivity contribution in [3.8, 4) is 5.82 Å². The lowest BCUT2D eigenvalue weighted by Crippen LogP contribution is -2.08. The predicted octanol–water partition coefficient (Wildman–Crippen LogP) is 2.45. The third-order valence-corrected chi connectivity index (χ3v) is 3.28.